The van der Waals surface area contributed by atoms with E-state index in [-0.39, 0.29) is 24.9 Å². The van der Waals surface area contributed by atoms with Gasteiger partial charge in [0.15, 0.2) is 0 Å². The molecule has 0 atom stereocenters. The first-order valence-electron chi connectivity index (χ1n) is 5.41. The van der Waals surface area contributed by atoms with Crippen LogP contribution in [0.15, 0.2) is 18.2 Å². The lowest BCUT2D eigenvalue weighted by Gasteiger charge is -2.21. The molecule has 5 heteroatoms. The van der Waals surface area contributed by atoms with Crippen molar-refractivity contribution in [1.82, 2.24) is 5.32 Å². The summed E-state index contributed by atoms with van der Waals surface area (Å²) in [6, 6.07) is 4.43. The summed E-state index contributed by atoms with van der Waals surface area (Å²) in [5, 5.41) is 2.43. The lowest BCUT2D eigenvalue weighted by molar-refractivity contribution is -0.166. The van der Waals surface area contributed by atoms with Crippen LogP contribution in [0.25, 0.3) is 0 Å². The Morgan fingerprint density at radius 3 is 2.47 bits per heavy atom. The standard InChI is InChI=1S/C12H13F4N/c1-8-2-3-10(13)9(6-8)7-17-11(4-5-11)12(14,15)16/h2-3,6,17H,4-5,7H2,1H3. The molecule has 1 nitrogen and oxygen atoms in total. The van der Waals surface area contributed by atoms with Gasteiger partial charge in [-0.3, -0.25) is 5.32 Å². The van der Waals surface area contributed by atoms with Gasteiger partial charge in [-0.2, -0.15) is 13.2 Å². The Hall–Kier alpha value is -1.10. The molecular weight excluding hydrogens is 234 g/mol. The Balaban J connectivity index is 2.06. The summed E-state index contributed by atoms with van der Waals surface area (Å²) in [6.45, 7) is 1.69. The maximum absolute atomic E-state index is 13.3. The predicted molar refractivity (Wildman–Crippen MR) is 56.0 cm³/mol. The van der Waals surface area contributed by atoms with Crippen molar-refractivity contribution in [1.29, 1.82) is 0 Å². The summed E-state index contributed by atoms with van der Waals surface area (Å²) in [5.74, 6) is -0.471. The molecular formula is C12H13F4N. The van der Waals surface area contributed by atoms with Gasteiger partial charge in [0.1, 0.15) is 11.4 Å². The largest absolute Gasteiger partial charge is 0.406 e. The zero-order chi connectivity index (χ0) is 12.7. The van der Waals surface area contributed by atoms with Crippen molar-refractivity contribution < 1.29 is 17.6 Å². The molecule has 0 unspecified atom stereocenters. The van der Waals surface area contributed by atoms with E-state index in [1.807, 2.05) is 0 Å². The van der Waals surface area contributed by atoms with Gasteiger partial charge in [0.2, 0.25) is 0 Å². The molecule has 1 aromatic rings. The Morgan fingerprint density at radius 1 is 1.29 bits per heavy atom. The fourth-order valence-corrected chi connectivity index (χ4v) is 1.79. The number of hydrogen-bond donors (Lipinski definition) is 1. The molecule has 94 valence electrons. The quantitative estimate of drug-likeness (QED) is 0.808. The minimum atomic E-state index is -4.26. The van der Waals surface area contributed by atoms with Crippen LogP contribution in [0.5, 0.6) is 0 Å². The van der Waals surface area contributed by atoms with Crippen LogP contribution in [-0.2, 0) is 6.54 Å². The van der Waals surface area contributed by atoms with E-state index in [4.69, 9.17) is 0 Å². The van der Waals surface area contributed by atoms with Crippen molar-refractivity contribution in [3.63, 3.8) is 0 Å². The van der Waals surface area contributed by atoms with E-state index >= 15 is 0 Å². The monoisotopic (exact) mass is 247 g/mol. The van der Waals surface area contributed by atoms with E-state index in [1.165, 1.54) is 6.07 Å². The summed E-state index contributed by atoms with van der Waals surface area (Å²) in [7, 11) is 0. The predicted octanol–water partition coefficient (Wildman–Crippen LogP) is 3.32. The first kappa shape index (κ1) is 12.4. The second-order valence-corrected chi connectivity index (χ2v) is 4.53. The van der Waals surface area contributed by atoms with Gasteiger partial charge in [0, 0.05) is 12.1 Å². The molecule has 1 aliphatic carbocycles. The zero-order valence-electron chi connectivity index (χ0n) is 9.37. The van der Waals surface area contributed by atoms with Crippen molar-refractivity contribution in [3.05, 3.63) is 35.1 Å². The molecule has 0 amide bonds. The van der Waals surface area contributed by atoms with Crippen LogP contribution in [0.3, 0.4) is 0 Å². The molecule has 17 heavy (non-hydrogen) atoms. The van der Waals surface area contributed by atoms with Gasteiger partial charge in [-0.25, -0.2) is 4.39 Å². The summed E-state index contributed by atoms with van der Waals surface area (Å²) in [5.41, 5.74) is -0.677. The average molecular weight is 247 g/mol. The van der Waals surface area contributed by atoms with Crippen LogP contribution < -0.4 is 5.32 Å². The van der Waals surface area contributed by atoms with E-state index in [0.29, 0.717) is 0 Å². The molecule has 0 aliphatic heterocycles. The Morgan fingerprint density at radius 2 is 1.94 bits per heavy atom. The maximum atomic E-state index is 13.3. The van der Waals surface area contributed by atoms with E-state index in [9.17, 15) is 17.6 Å². The Kier molecular flexibility index (Phi) is 2.89. The van der Waals surface area contributed by atoms with E-state index in [1.54, 1.807) is 19.1 Å². The highest BCUT2D eigenvalue weighted by Crippen LogP contribution is 2.49. The molecule has 1 fully saturated rings. The zero-order valence-corrected chi connectivity index (χ0v) is 9.37. The first-order valence-corrected chi connectivity index (χ1v) is 5.41. The smallest absolute Gasteiger partial charge is 0.299 e. The second kappa shape index (κ2) is 3.98. The highest BCUT2D eigenvalue weighted by atomic mass is 19.4. The number of benzene rings is 1. The Bertz CT molecular complexity index is 421. The first-order chi connectivity index (χ1) is 7.84. The van der Waals surface area contributed by atoms with Gasteiger partial charge in [0.05, 0.1) is 0 Å². The molecule has 0 bridgehead atoms. The summed E-state index contributed by atoms with van der Waals surface area (Å²) < 4.78 is 51.2. The lowest BCUT2D eigenvalue weighted by atomic mass is 10.1. The van der Waals surface area contributed by atoms with Crippen LogP contribution in [0.4, 0.5) is 17.6 Å². The maximum Gasteiger partial charge on any atom is 0.406 e. The minimum Gasteiger partial charge on any atom is -0.299 e. The Labute approximate surface area is 96.8 Å². The molecule has 1 saturated carbocycles. The number of alkyl halides is 3. The molecule has 0 aromatic heterocycles. The summed E-state index contributed by atoms with van der Waals surface area (Å²) in [4.78, 5) is 0. The van der Waals surface area contributed by atoms with Crippen LogP contribution in [-0.4, -0.2) is 11.7 Å². The number of aryl methyl sites for hydroxylation is 1. The van der Waals surface area contributed by atoms with Gasteiger partial charge in [-0.05, 0) is 25.8 Å². The summed E-state index contributed by atoms with van der Waals surface area (Å²) >= 11 is 0. The van der Waals surface area contributed by atoms with Crippen molar-refractivity contribution in [2.75, 3.05) is 0 Å². The van der Waals surface area contributed by atoms with Crippen molar-refractivity contribution in [2.24, 2.45) is 0 Å². The molecule has 1 N–H and O–H groups in total. The molecule has 1 aliphatic rings. The van der Waals surface area contributed by atoms with E-state index < -0.39 is 17.5 Å². The fraction of sp³-hybridized carbons (Fsp3) is 0.500. The molecule has 0 heterocycles. The third-order valence-electron chi connectivity index (χ3n) is 3.11. The molecule has 2 rings (SSSR count). The van der Waals surface area contributed by atoms with Gasteiger partial charge >= 0.3 is 6.18 Å². The van der Waals surface area contributed by atoms with Gasteiger partial charge in [0.25, 0.3) is 0 Å². The van der Waals surface area contributed by atoms with Gasteiger partial charge in [-0.1, -0.05) is 17.7 Å². The van der Waals surface area contributed by atoms with E-state index in [0.717, 1.165) is 5.56 Å². The molecule has 1 aromatic carbocycles. The summed E-state index contributed by atoms with van der Waals surface area (Å²) in [6.07, 6.45) is -4.11. The third-order valence-corrected chi connectivity index (χ3v) is 3.11. The van der Waals surface area contributed by atoms with Crippen molar-refractivity contribution in [3.8, 4) is 0 Å². The van der Waals surface area contributed by atoms with Crippen molar-refractivity contribution >= 4 is 0 Å². The topological polar surface area (TPSA) is 12.0 Å². The minimum absolute atomic E-state index is 0.0733. The average Bonchev–Trinajstić information content (AvgIpc) is 2.99. The number of rotatable bonds is 3. The number of nitrogens with one attached hydrogen (secondary N) is 1. The molecule has 0 radical (unpaired) electrons. The van der Waals surface area contributed by atoms with Gasteiger partial charge < -0.3 is 0 Å². The second-order valence-electron chi connectivity index (χ2n) is 4.53. The van der Waals surface area contributed by atoms with Crippen molar-refractivity contribution in [2.45, 2.75) is 38.0 Å². The third kappa shape index (κ3) is 2.44. The van der Waals surface area contributed by atoms with Crippen LogP contribution >= 0.6 is 0 Å². The van der Waals surface area contributed by atoms with Gasteiger partial charge in [-0.15, -0.1) is 0 Å². The molecule has 0 saturated heterocycles. The highest BCUT2D eigenvalue weighted by Gasteiger charge is 2.62. The number of hydrogen-bond acceptors (Lipinski definition) is 1. The van der Waals surface area contributed by atoms with E-state index in [2.05, 4.69) is 5.32 Å². The normalized spacial score (nSPS) is 18.2. The fourth-order valence-electron chi connectivity index (χ4n) is 1.79. The van der Waals surface area contributed by atoms with Crippen LogP contribution in [0.2, 0.25) is 0 Å². The van der Waals surface area contributed by atoms with Crippen LogP contribution in [0.1, 0.15) is 24.0 Å². The number of halogens is 4. The lowest BCUT2D eigenvalue weighted by Crippen LogP contribution is -2.44. The molecule has 0 spiro atoms. The SMILES string of the molecule is Cc1ccc(F)c(CNC2(C(F)(F)F)CC2)c1. The highest BCUT2D eigenvalue weighted by molar-refractivity contribution is 5.24. The van der Waals surface area contributed by atoms with Crippen LogP contribution in [0, 0.1) is 12.7 Å².